The summed E-state index contributed by atoms with van der Waals surface area (Å²) in [5, 5.41) is 18.8. The third-order valence-electron chi connectivity index (χ3n) is 3.29. The van der Waals surface area contributed by atoms with Crippen molar-refractivity contribution in [2.75, 3.05) is 12.3 Å². The van der Waals surface area contributed by atoms with Crippen LogP contribution >= 0.6 is 11.8 Å². The first-order valence-corrected chi connectivity index (χ1v) is 8.28. The van der Waals surface area contributed by atoms with Crippen molar-refractivity contribution in [3.63, 3.8) is 0 Å². The molecule has 0 bridgehead atoms. The highest BCUT2D eigenvalue weighted by Gasteiger charge is 2.24. The van der Waals surface area contributed by atoms with Crippen molar-refractivity contribution in [3.05, 3.63) is 35.7 Å². The summed E-state index contributed by atoms with van der Waals surface area (Å²) in [6.07, 6.45) is 3.12. The SMILES string of the molecule is CCOC(=O)C(C)Sc1nc(N)c(C#N)c(-c2ccncc2)c1C#N. The number of rotatable bonds is 5. The lowest BCUT2D eigenvalue weighted by Crippen LogP contribution is -2.17. The lowest BCUT2D eigenvalue weighted by atomic mass is 9.98. The van der Waals surface area contributed by atoms with Gasteiger partial charge in [0.25, 0.3) is 0 Å². The molecule has 2 heterocycles. The molecule has 2 N–H and O–H groups in total. The minimum Gasteiger partial charge on any atom is -0.465 e. The number of hydrogen-bond donors (Lipinski definition) is 1. The zero-order valence-corrected chi connectivity index (χ0v) is 14.5. The van der Waals surface area contributed by atoms with Gasteiger partial charge in [-0.05, 0) is 31.5 Å². The van der Waals surface area contributed by atoms with Gasteiger partial charge in [0.1, 0.15) is 33.8 Å². The summed E-state index contributed by atoms with van der Waals surface area (Å²) in [6.45, 7) is 3.64. The van der Waals surface area contributed by atoms with Gasteiger partial charge in [0, 0.05) is 18.0 Å². The average Bonchev–Trinajstić information content (AvgIpc) is 2.62. The van der Waals surface area contributed by atoms with E-state index in [1.54, 1.807) is 38.4 Å². The third kappa shape index (κ3) is 3.87. The highest BCUT2D eigenvalue weighted by molar-refractivity contribution is 8.00. The summed E-state index contributed by atoms with van der Waals surface area (Å²) in [5.74, 6) is -0.404. The van der Waals surface area contributed by atoms with E-state index in [-0.39, 0.29) is 28.6 Å². The smallest absolute Gasteiger partial charge is 0.319 e. The standard InChI is InChI=1S/C17H15N5O2S/c1-3-24-17(23)10(2)25-16-13(9-19)14(11-4-6-21-7-5-11)12(8-18)15(20)22-16/h4-7,10H,3H2,1-2H3,(H2,20,22). The van der Waals surface area contributed by atoms with Gasteiger partial charge in [0.2, 0.25) is 0 Å². The first-order chi connectivity index (χ1) is 12.0. The number of anilines is 1. The molecule has 0 amide bonds. The molecule has 0 aliphatic rings. The summed E-state index contributed by atoms with van der Waals surface area (Å²) >= 11 is 1.07. The molecule has 7 nitrogen and oxygen atoms in total. The number of ether oxygens (including phenoxy) is 1. The normalized spacial score (nSPS) is 11.2. The van der Waals surface area contributed by atoms with Crippen LogP contribution in [0, 0.1) is 22.7 Å². The van der Waals surface area contributed by atoms with Crippen LogP contribution in [0.3, 0.4) is 0 Å². The second kappa shape index (κ2) is 8.13. The molecule has 126 valence electrons. The Morgan fingerprint density at radius 1 is 1.32 bits per heavy atom. The lowest BCUT2D eigenvalue weighted by Gasteiger charge is -2.15. The van der Waals surface area contributed by atoms with Gasteiger partial charge in [0.15, 0.2) is 0 Å². The number of carbonyl (C=O) groups excluding carboxylic acids is 1. The highest BCUT2D eigenvalue weighted by Crippen LogP contribution is 2.36. The number of carbonyl (C=O) groups is 1. The molecule has 2 rings (SSSR count). The van der Waals surface area contributed by atoms with Gasteiger partial charge >= 0.3 is 5.97 Å². The maximum absolute atomic E-state index is 11.9. The topological polar surface area (TPSA) is 126 Å². The molecule has 0 spiro atoms. The number of nitrogen functional groups attached to an aromatic ring is 1. The highest BCUT2D eigenvalue weighted by atomic mass is 32.2. The largest absolute Gasteiger partial charge is 0.465 e. The number of thioether (sulfide) groups is 1. The van der Waals surface area contributed by atoms with E-state index in [1.165, 1.54) is 0 Å². The van der Waals surface area contributed by atoms with Crippen molar-refractivity contribution >= 4 is 23.5 Å². The molecule has 0 aliphatic heterocycles. The number of esters is 1. The fourth-order valence-corrected chi connectivity index (χ4v) is 3.08. The molecule has 0 saturated carbocycles. The van der Waals surface area contributed by atoms with Crippen molar-refractivity contribution < 1.29 is 9.53 Å². The molecular formula is C17H15N5O2S. The van der Waals surface area contributed by atoms with Crippen LogP contribution in [0.2, 0.25) is 0 Å². The van der Waals surface area contributed by atoms with Crippen LogP contribution in [0.4, 0.5) is 5.82 Å². The maximum Gasteiger partial charge on any atom is 0.319 e. The van der Waals surface area contributed by atoms with Crippen molar-refractivity contribution in [1.82, 2.24) is 9.97 Å². The Balaban J connectivity index is 2.60. The second-order valence-corrected chi connectivity index (χ2v) is 6.23. The molecule has 25 heavy (non-hydrogen) atoms. The van der Waals surface area contributed by atoms with Crippen LogP contribution in [-0.4, -0.2) is 27.8 Å². The van der Waals surface area contributed by atoms with Gasteiger partial charge in [-0.2, -0.15) is 10.5 Å². The number of hydrogen-bond acceptors (Lipinski definition) is 8. The summed E-state index contributed by atoms with van der Waals surface area (Å²) in [7, 11) is 0. The molecule has 0 fully saturated rings. The predicted octanol–water partition coefficient (Wildman–Crippen LogP) is 2.51. The van der Waals surface area contributed by atoms with E-state index in [9.17, 15) is 15.3 Å². The maximum atomic E-state index is 11.9. The van der Waals surface area contributed by atoms with Crippen LogP contribution in [0.1, 0.15) is 25.0 Å². The Labute approximate surface area is 149 Å². The van der Waals surface area contributed by atoms with Crippen molar-refractivity contribution in [1.29, 1.82) is 10.5 Å². The fourth-order valence-electron chi connectivity index (χ4n) is 2.17. The average molecular weight is 353 g/mol. The van der Waals surface area contributed by atoms with E-state index >= 15 is 0 Å². The van der Waals surface area contributed by atoms with Gasteiger partial charge in [-0.25, -0.2) is 4.98 Å². The molecular weight excluding hydrogens is 338 g/mol. The second-order valence-electron chi connectivity index (χ2n) is 4.90. The van der Waals surface area contributed by atoms with Crippen LogP contribution in [0.15, 0.2) is 29.6 Å². The molecule has 1 unspecified atom stereocenters. The monoisotopic (exact) mass is 353 g/mol. The van der Waals surface area contributed by atoms with Gasteiger partial charge in [-0.15, -0.1) is 0 Å². The molecule has 2 aromatic rings. The summed E-state index contributed by atoms with van der Waals surface area (Å²) in [4.78, 5) is 20.0. The zero-order chi connectivity index (χ0) is 18.4. The van der Waals surface area contributed by atoms with Crippen LogP contribution < -0.4 is 5.73 Å². The van der Waals surface area contributed by atoms with Gasteiger partial charge in [-0.1, -0.05) is 11.8 Å². The number of nitriles is 2. The van der Waals surface area contributed by atoms with E-state index in [1.807, 2.05) is 6.07 Å². The third-order valence-corrected chi connectivity index (χ3v) is 4.36. The fraction of sp³-hybridized carbons (Fsp3) is 0.235. The van der Waals surface area contributed by atoms with Gasteiger partial charge < -0.3 is 10.5 Å². The Kier molecular flexibility index (Phi) is 5.93. The number of nitrogens with two attached hydrogens (primary N) is 1. The quantitative estimate of drug-likeness (QED) is 0.642. The van der Waals surface area contributed by atoms with Gasteiger partial charge in [-0.3, -0.25) is 9.78 Å². The summed E-state index contributed by atoms with van der Waals surface area (Å²) < 4.78 is 4.98. The van der Waals surface area contributed by atoms with E-state index in [0.29, 0.717) is 11.1 Å². The minimum atomic E-state index is -0.572. The number of pyridine rings is 2. The molecule has 2 aromatic heterocycles. The van der Waals surface area contributed by atoms with Crippen molar-refractivity contribution in [3.8, 4) is 23.3 Å². The number of aromatic nitrogens is 2. The lowest BCUT2D eigenvalue weighted by molar-refractivity contribution is -0.142. The molecule has 0 aromatic carbocycles. The van der Waals surface area contributed by atoms with E-state index in [4.69, 9.17) is 10.5 Å². The zero-order valence-electron chi connectivity index (χ0n) is 13.7. The minimum absolute atomic E-state index is 0.00636. The van der Waals surface area contributed by atoms with Crippen molar-refractivity contribution in [2.24, 2.45) is 0 Å². The molecule has 0 aliphatic carbocycles. The molecule has 1 atom stereocenters. The Hall–Kier alpha value is -3.10. The van der Waals surface area contributed by atoms with Crippen LogP contribution in [0.5, 0.6) is 0 Å². The van der Waals surface area contributed by atoms with Crippen molar-refractivity contribution in [2.45, 2.75) is 24.1 Å². The Bertz CT molecular complexity index is 871. The number of nitrogens with zero attached hydrogens (tertiary/aromatic N) is 4. The van der Waals surface area contributed by atoms with E-state index in [2.05, 4.69) is 16.0 Å². The predicted molar refractivity (Wildman–Crippen MR) is 93.3 cm³/mol. The summed E-state index contributed by atoms with van der Waals surface area (Å²) in [5.41, 5.74) is 7.24. The first kappa shape index (κ1) is 18.2. The molecule has 0 saturated heterocycles. The molecule has 8 heteroatoms. The van der Waals surface area contributed by atoms with E-state index in [0.717, 1.165) is 11.8 Å². The van der Waals surface area contributed by atoms with Crippen LogP contribution in [0.25, 0.3) is 11.1 Å². The Morgan fingerprint density at radius 3 is 2.52 bits per heavy atom. The van der Waals surface area contributed by atoms with Gasteiger partial charge in [0.05, 0.1) is 12.2 Å². The van der Waals surface area contributed by atoms with E-state index < -0.39 is 11.2 Å². The van der Waals surface area contributed by atoms with Crippen LogP contribution in [-0.2, 0) is 9.53 Å². The first-order valence-electron chi connectivity index (χ1n) is 7.40. The Morgan fingerprint density at radius 2 is 1.96 bits per heavy atom. The summed E-state index contributed by atoms with van der Waals surface area (Å²) in [6, 6.07) is 7.44. The molecule has 0 radical (unpaired) electrons.